The second-order valence-corrected chi connectivity index (χ2v) is 7.18. The maximum absolute atomic E-state index is 13.6. The third-order valence-corrected chi connectivity index (χ3v) is 4.93. The number of ether oxygens (including phenoxy) is 3. The van der Waals surface area contributed by atoms with Crippen LogP contribution >= 0.6 is 11.6 Å². The SMILES string of the molecule is O=C(COc1c(F)c(F)c(F)c(F)c1F)N1CCOC(COCc2ccc(F)cc2Cl)C1. The summed E-state index contributed by atoms with van der Waals surface area (Å²) < 4.78 is 95.4. The van der Waals surface area contributed by atoms with Gasteiger partial charge in [-0.1, -0.05) is 17.7 Å². The van der Waals surface area contributed by atoms with E-state index in [0.717, 1.165) is 6.07 Å². The zero-order valence-electron chi connectivity index (χ0n) is 16.3. The number of morpholine rings is 1. The summed E-state index contributed by atoms with van der Waals surface area (Å²) in [4.78, 5) is 13.5. The van der Waals surface area contributed by atoms with E-state index in [1.54, 1.807) is 0 Å². The molecule has 0 N–H and O–H groups in total. The molecule has 0 radical (unpaired) electrons. The topological polar surface area (TPSA) is 48.0 Å². The minimum Gasteiger partial charge on any atom is -0.477 e. The van der Waals surface area contributed by atoms with E-state index in [-0.39, 0.29) is 37.9 Å². The van der Waals surface area contributed by atoms with Crippen molar-refractivity contribution in [2.24, 2.45) is 0 Å². The maximum Gasteiger partial charge on any atom is 0.260 e. The van der Waals surface area contributed by atoms with Crippen molar-refractivity contribution in [1.82, 2.24) is 4.90 Å². The minimum absolute atomic E-state index is 0.0381. The molecule has 0 saturated carbocycles. The van der Waals surface area contributed by atoms with E-state index < -0.39 is 59.3 Å². The Kier molecular flexibility index (Phi) is 7.86. The number of amides is 1. The molecule has 1 saturated heterocycles. The van der Waals surface area contributed by atoms with Gasteiger partial charge in [0.05, 0.1) is 25.9 Å². The Morgan fingerprint density at radius 3 is 2.38 bits per heavy atom. The lowest BCUT2D eigenvalue weighted by Gasteiger charge is -2.32. The van der Waals surface area contributed by atoms with Gasteiger partial charge >= 0.3 is 0 Å². The first-order chi connectivity index (χ1) is 15.2. The van der Waals surface area contributed by atoms with E-state index >= 15 is 0 Å². The van der Waals surface area contributed by atoms with Crippen molar-refractivity contribution in [2.45, 2.75) is 12.7 Å². The fraction of sp³-hybridized carbons (Fsp3) is 0.350. The predicted molar refractivity (Wildman–Crippen MR) is 99.1 cm³/mol. The number of nitrogens with zero attached hydrogens (tertiary/aromatic N) is 1. The van der Waals surface area contributed by atoms with Crippen molar-refractivity contribution in [3.63, 3.8) is 0 Å². The first kappa shape index (κ1) is 24.1. The van der Waals surface area contributed by atoms with Crippen molar-refractivity contribution in [1.29, 1.82) is 0 Å². The third kappa shape index (κ3) is 5.45. The summed E-state index contributed by atoms with van der Waals surface area (Å²) >= 11 is 5.91. The Balaban J connectivity index is 1.52. The molecule has 12 heteroatoms. The number of benzene rings is 2. The Morgan fingerprint density at radius 1 is 1.06 bits per heavy atom. The molecule has 1 amide bonds. The van der Waals surface area contributed by atoms with Gasteiger partial charge in [-0.15, -0.1) is 0 Å². The molecule has 1 aliphatic rings. The predicted octanol–water partition coefficient (Wildman–Crippen LogP) is 4.00. The van der Waals surface area contributed by atoms with E-state index in [1.165, 1.54) is 17.0 Å². The molecule has 0 spiro atoms. The van der Waals surface area contributed by atoms with Crippen molar-refractivity contribution >= 4 is 17.5 Å². The smallest absolute Gasteiger partial charge is 0.260 e. The molecule has 2 aromatic rings. The normalized spacial score (nSPS) is 16.3. The van der Waals surface area contributed by atoms with E-state index in [1.807, 2.05) is 0 Å². The summed E-state index contributed by atoms with van der Waals surface area (Å²) in [6.45, 7) is -0.543. The molecule has 2 aromatic carbocycles. The first-order valence-corrected chi connectivity index (χ1v) is 9.62. The summed E-state index contributed by atoms with van der Waals surface area (Å²) in [5, 5.41) is 0.191. The van der Waals surface area contributed by atoms with Gasteiger partial charge in [-0.05, 0) is 17.7 Å². The van der Waals surface area contributed by atoms with Crippen LogP contribution in [0.3, 0.4) is 0 Å². The average molecular weight is 484 g/mol. The van der Waals surface area contributed by atoms with Crippen LogP contribution in [0.4, 0.5) is 26.3 Å². The van der Waals surface area contributed by atoms with Gasteiger partial charge in [-0.25, -0.2) is 17.6 Å². The molecule has 1 aliphatic heterocycles. The molecule has 1 fully saturated rings. The van der Waals surface area contributed by atoms with Crippen LogP contribution in [-0.4, -0.2) is 49.8 Å². The van der Waals surface area contributed by atoms with Crippen LogP contribution in [0.1, 0.15) is 5.56 Å². The quantitative estimate of drug-likeness (QED) is 0.339. The zero-order valence-corrected chi connectivity index (χ0v) is 17.0. The zero-order chi connectivity index (χ0) is 23.4. The minimum atomic E-state index is -2.32. The van der Waals surface area contributed by atoms with Gasteiger partial charge in [0, 0.05) is 18.1 Å². The van der Waals surface area contributed by atoms with Crippen LogP contribution in [0.15, 0.2) is 18.2 Å². The van der Waals surface area contributed by atoms with Gasteiger partial charge in [-0.3, -0.25) is 4.79 Å². The number of hydrogen-bond donors (Lipinski definition) is 0. The van der Waals surface area contributed by atoms with E-state index in [4.69, 9.17) is 21.1 Å². The van der Waals surface area contributed by atoms with Gasteiger partial charge in [0.25, 0.3) is 5.91 Å². The lowest BCUT2D eigenvalue weighted by Crippen LogP contribution is -2.48. The number of carbonyl (C=O) groups is 1. The van der Waals surface area contributed by atoms with Gasteiger partial charge in [0.15, 0.2) is 12.4 Å². The summed E-state index contributed by atoms with van der Waals surface area (Å²) in [6, 6.07) is 3.83. The summed E-state index contributed by atoms with van der Waals surface area (Å²) in [5.74, 6) is -13.8. The average Bonchev–Trinajstić information content (AvgIpc) is 2.78. The van der Waals surface area contributed by atoms with Gasteiger partial charge in [-0.2, -0.15) is 8.78 Å². The molecule has 174 valence electrons. The second-order valence-electron chi connectivity index (χ2n) is 6.77. The van der Waals surface area contributed by atoms with Crippen molar-refractivity contribution in [3.8, 4) is 5.75 Å². The fourth-order valence-corrected chi connectivity index (χ4v) is 3.14. The molecule has 32 heavy (non-hydrogen) atoms. The number of carbonyl (C=O) groups excluding carboxylic acids is 1. The van der Waals surface area contributed by atoms with Crippen LogP contribution < -0.4 is 4.74 Å². The van der Waals surface area contributed by atoms with Crippen molar-refractivity contribution in [3.05, 3.63) is 63.7 Å². The monoisotopic (exact) mass is 483 g/mol. The fourth-order valence-electron chi connectivity index (χ4n) is 2.92. The van der Waals surface area contributed by atoms with Gasteiger partial charge in [0.1, 0.15) is 5.82 Å². The molecule has 3 rings (SSSR count). The largest absolute Gasteiger partial charge is 0.477 e. The molecule has 0 bridgehead atoms. The van der Waals surface area contributed by atoms with Crippen LogP contribution in [0.2, 0.25) is 5.02 Å². The Bertz CT molecular complexity index is 980. The van der Waals surface area contributed by atoms with E-state index in [0.29, 0.717) is 5.56 Å². The maximum atomic E-state index is 13.6. The highest BCUT2D eigenvalue weighted by atomic mass is 35.5. The summed E-state index contributed by atoms with van der Waals surface area (Å²) in [7, 11) is 0. The highest BCUT2D eigenvalue weighted by molar-refractivity contribution is 6.31. The lowest BCUT2D eigenvalue weighted by molar-refractivity contribution is -0.143. The Hall–Kier alpha value is -2.50. The highest BCUT2D eigenvalue weighted by Gasteiger charge is 2.29. The van der Waals surface area contributed by atoms with Crippen molar-refractivity contribution in [2.75, 3.05) is 32.9 Å². The highest BCUT2D eigenvalue weighted by Crippen LogP contribution is 2.29. The molecule has 1 heterocycles. The number of hydrogen-bond acceptors (Lipinski definition) is 4. The lowest BCUT2D eigenvalue weighted by atomic mass is 10.2. The van der Waals surface area contributed by atoms with Crippen molar-refractivity contribution < 1.29 is 45.3 Å². The molecular formula is C20H16ClF6NO4. The molecule has 1 atom stereocenters. The molecule has 0 aliphatic carbocycles. The molecular weight excluding hydrogens is 468 g/mol. The van der Waals surface area contributed by atoms with Crippen LogP contribution in [-0.2, 0) is 20.9 Å². The number of halogens is 7. The molecule has 5 nitrogen and oxygen atoms in total. The molecule has 1 unspecified atom stereocenters. The second kappa shape index (κ2) is 10.4. The van der Waals surface area contributed by atoms with Gasteiger partial charge in [0.2, 0.25) is 29.1 Å². The first-order valence-electron chi connectivity index (χ1n) is 9.24. The Morgan fingerprint density at radius 2 is 1.72 bits per heavy atom. The van der Waals surface area contributed by atoms with Crippen LogP contribution in [0.5, 0.6) is 5.75 Å². The van der Waals surface area contributed by atoms with Gasteiger partial charge < -0.3 is 19.1 Å². The summed E-state index contributed by atoms with van der Waals surface area (Å²) in [5.41, 5.74) is 0.549. The summed E-state index contributed by atoms with van der Waals surface area (Å²) in [6.07, 6.45) is -0.555. The number of rotatable bonds is 7. The van der Waals surface area contributed by atoms with E-state index in [9.17, 15) is 31.1 Å². The standard InChI is InChI=1S/C20H16ClF6NO4/c21-13-5-11(22)2-1-10(13)7-30-8-12-6-28(3-4-31-12)14(29)9-32-20-18(26)16(24)15(23)17(25)19(20)27/h1-2,5,12H,3-4,6-9H2. The molecule has 0 aromatic heterocycles. The van der Waals surface area contributed by atoms with E-state index in [2.05, 4.69) is 4.74 Å². The Labute approximate surface area is 183 Å². The van der Waals surface area contributed by atoms with Crippen LogP contribution in [0, 0.1) is 34.9 Å². The van der Waals surface area contributed by atoms with Crippen LogP contribution in [0.25, 0.3) is 0 Å². The third-order valence-electron chi connectivity index (χ3n) is 4.58.